The monoisotopic (exact) mass is 228 g/mol. The highest BCUT2D eigenvalue weighted by Gasteiger charge is 2.03. The van der Waals surface area contributed by atoms with E-state index in [0.29, 0.717) is 0 Å². The molecule has 3 N–H and O–H groups in total. The number of nitrogens with zero attached hydrogens (tertiary/aromatic N) is 2. The van der Waals surface area contributed by atoms with E-state index in [4.69, 9.17) is 5.73 Å². The third-order valence-corrected chi connectivity index (χ3v) is 2.76. The predicted octanol–water partition coefficient (Wildman–Crippen LogP) is 2.73. The van der Waals surface area contributed by atoms with E-state index >= 15 is 0 Å². The third kappa shape index (κ3) is 2.53. The molecule has 17 heavy (non-hydrogen) atoms. The Kier molecular flexibility index (Phi) is 2.95. The van der Waals surface area contributed by atoms with Gasteiger partial charge in [-0.25, -0.2) is 4.98 Å². The number of hydrogen-bond donors (Lipinski definition) is 2. The number of hydrogen-bond acceptors (Lipinski definition) is 4. The van der Waals surface area contributed by atoms with Crippen molar-refractivity contribution in [2.24, 2.45) is 0 Å². The maximum absolute atomic E-state index is 5.57. The molecular formula is C13H16N4. The summed E-state index contributed by atoms with van der Waals surface area (Å²) in [7, 11) is 0. The Hall–Kier alpha value is -2.10. The first-order valence-electron chi connectivity index (χ1n) is 5.49. The minimum absolute atomic E-state index is 0.280. The predicted molar refractivity (Wildman–Crippen MR) is 70.4 cm³/mol. The molecule has 0 bridgehead atoms. The van der Waals surface area contributed by atoms with Crippen LogP contribution in [0.15, 0.2) is 24.4 Å². The van der Waals surface area contributed by atoms with Crippen LogP contribution in [0.1, 0.15) is 16.7 Å². The summed E-state index contributed by atoms with van der Waals surface area (Å²) in [5.74, 6) is 1.03. The van der Waals surface area contributed by atoms with Gasteiger partial charge in [0, 0.05) is 17.4 Å². The van der Waals surface area contributed by atoms with Crippen LogP contribution in [0.3, 0.4) is 0 Å². The lowest BCUT2D eigenvalue weighted by Crippen LogP contribution is -2.02. The number of nitrogen functional groups attached to an aromatic ring is 1. The van der Waals surface area contributed by atoms with E-state index in [2.05, 4.69) is 41.3 Å². The topological polar surface area (TPSA) is 63.8 Å². The van der Waals surface area contributed by atoms with Crippen LogP contribution in [-0.4, -0.2) is 9.97 Å². The van der Waals surface area contributed by atoms with Gasteiger partial charge in [-0.2, -0.15) is 4.98 Å². The van der Waals surface area contributed by atoms with Crippen LogP contribution in [0.4, 0.5) is 17.5 Å². The van der Waals surface area contributed by atoms with Crippen molar-refractivity contribution in [1.82, 2.24) is 9.97 Å². The number of nitrogens with two attached hydrogens (primary N) is 1. The summed E-state index contributed by atoms with van der Waals surface area (Å²) in [4.78, 5) is 8.11. The van der Waals surface area contributed by atoms with Crippen LogP contribution in [0, 0.1) is 20.8 Å². The summed E-state index contributed by atoms with van der Waals surface area (Å²) in [6, 6.07) is 6.20. The van der Waals surface area contributed by atoms with Gasteiger partial charge in [0.15, 0.2) is 0 Å². The normalized spacial score (nSPS) is 10.3. The molecule has 0 saturated carbocycles. The molecule has 0 saturated heterocycles. The molecule has 0 aliphatic carbocycles. The zero-order valence-corrected chi connectivity index (χ0v) is 10.3. The molecule has 0 spiro atoms. The van der Waals surface area contributed by atoms with Gasteiger partial charge in [0.05, 0.1) is 0 Å². The molecule has 0 amide bonds. The van der Waals surface area contributed by atoms with Gasteiger partial charge in [0.2, 0.25) is 5.95 Å². The van der Waals surface area contributed by atoms with Crippen LogP contribution in [0.25, 0.3) is 0 Å². The van der Waals surface area contributed by atoms with Crippen molar-refractivity contribution in [2.45, 2.75) is 20.8 Å². The molecular weight excluding hydrogens is 212 g/mol. The van der Waals surface area contributed by atoms with Crippen LogP contribution < -0.4 is 11.1 Å². The van der Waals surface area contributed by atoms with Gasteiger partial charge in [-0.15, -0.1) is 0 Å². The Morgan fingerprint density at radius 1 is 1.06 bits per heavy atom. The van der Waals surface area contributed by atoms with E-state index in [1.165, 1.54) is 11.1 Å². The summed E-state index contributed by atoms with van der Waals surface area (Å²) in [6.07, 6.45) is 1.71. The maximum Gasteiger partial charge on any atom is 0.221 e. The molecule has 0 aliphatic rings. The Labute approximate surface area is 101 Å². The van der Waals surface area contributed by atoms with Crippen LogP contribution in [0.2, 0.25) is 0 Å². The Morgan fingerprint density at radius 2 is 1.82 bits per heavy atom. The van der Waals surface area contributed by atoms with E-state index < -0.39 is 0 Å². The van der Waals surface area contributed by atoms with Gasteiger partial charge in [-0.3, -0.25) is 0 Å². The van der Waals surface area contributed by atoms with E-state index in [-0.39, 0.29) is 5.95 Å². The number of rotatable bonds is 2. The summed E-state index contributed by atoms with van der Waals surface area (Å²) in [5, 5.41) is 3.25. The molecule has 88 valence electrons. The average Bonchev–Trinajstić information content (AvgIpc) is 2.29. The van der Waals surface area contributed by atoms with Crippen molar-refractivity contribution in [3.05, 3.63) is 41.1 Å². The van der Waals surface area contributed by atoms with E-state index in [1.807, 2.05) is 13.0 Å². The molecule has 1 heterocycles. The van der Waals surface area contributed by atoms with E-state index in [9.17, 15) is 0 Å². The first-order valence-corrected chi connectivity index (χ1v) is 5.49. The molecule has 0 radical (unpaired) electrons. The number of aromatic nitrogens is 2. The lowest BCUT2D eigenvalue weighted by atomic mass is 10.1. The van der Waals surface area contributed by atoms with Crippen molar-refractivity contribution < 1.29 is 0 Å². The molecule has 0 fully saturated rings. The molecule has 1 aromatic heterocycles. The zero-order chi connectivity index (χ0) is 12.4. The second kappa shape index (κ2) is 4.41. The zero-order valence-electron chi connectivity index (χ0n) is 10.3. The van der Waals surface area contributed by atoms with Crippen LogP contribution in [0.5, 0.6) is 0 Å². The third-order valence-electron chi connectivity index (χ3n) is 2.76. The summed E-state index contributed by atoms with van der Waals surface area (Å²) < 4.78 is 0. The van der Waals surface area contributed by atoms with Crippen molar-refractivity contribution in [1.29, 1.82) is 0 Å². The first kappa shape index (κ1) is 11.4. The molecule has 0 unspecified atom stereocenters. The summed E-state index contributed by atoms with van der Waals surface area (Å²) >= 11 is 0. The highest BCUT2D eigenvalue weighted by molar-refractivity contribution is 5.61. The van der Waals surface area contributed by atoms with Gasteiger partial charge in [0.1, 0.15) is 5.82 Å². The largest absolute Gasteiger partial charge is 0.368 e. The molecule has 4 nitrogen and oxygen atoms in total. The number of anilines is 3. The van der Waals surface area contributed by atoms with Gasteiger partial charge in [0.25, 0.3) is 0 Å². The Morgan fingerprint density at radius 3 is 2.53 bits per heavy atom. The summed E-state index contributed by atoms with van der Waals surface area (Å²) in [6.45, 7) is 6.12. The summed E-state index contributed by atoms with van der Waals surface area (Å²) in [5.41, 5.74) is 10.1. The number of aryl methyl sites for hydroxylation is 3. The standard InChI is InChI=1S/C13H16N4/c1-8-4-5-11(6-9(8)2)16-12-10(3)7-15-13(14)17-12/h4-7H,1-3H3,(H3,14,15,16,17). The molecule has 2 aromatic rings. The molecule has 4 heteroatoms. The number of nitrogens with one attached hydrogen (secondary N) is 1. The smallest absolute Gasteiger partial charge is 0.221 e. The molecule has 1 aromatic carbocycles. The highest BCUT2D eigenvalue weighted by atomic mass is 15.1. The van der Waals surface area contributed by atoms with Crippen molar-refractivity contribution >= 4 is 17.5 Å². The van der Waals surface area contributed by atoms with Gasteiger partial charge in [-0.05, 0) is 44.0 Å². The second-order valence-corrected chi connectivity index (χ2v) is 4.18. The van der Waals surface area contributed by atoms with Gasteiger partial charge < -0.3 is 11.1 Å². The van der Waals surface area contributed by atoms with Gasteiger partial charge in [-0.1, -0.05) is 6.07 Å². The van der Waals surface area contributed by atoms with E-state index in [1.54, 1.807) is 6.20 Å². The quantitative estimate of drug-likeness (QED) is 0.829. The fraction of sp³-hybridized carbons (Fsp3) is 0.231. The molecule has 0 atom stereocenters. The van der Waals surface area contributed by atoms with Crippen LogP contribution >= 0.6 is 0 Å². The molecule has 2 rings (SSSR count). The van der Waals surface area contributed by atoms with Crippen LogP contribution in [-0.2, 0) is 0 Å². The average molecular weight is 228 g/mol. The minimum atomic E-state index is 0.280. The fourth-order valence-corrected chi connectivity index (χ4v) is 1.54. The first-order chi connectivity index (χ1) is 8.06. The maximum atomic E-state index is 5.57. The SMILES string of the molecule is Cc1ccc(Nc2nc(N)ncc2C)cc1C. The van der Waals surface area contributed by atoms with Gasteiger partial charge >= 0.3 is 0 Å². The Balaban J connectivity index is 2.31. The Bertz CT molecular complexity index is 549. The number of benzene rings is 1. The minimum Gasteiger partial charge on any atom is -0.368 e. The lowest BCUT2D eigenvalue weighted by molar-refractivity contribution is 1.14. The lowest BCUT2D eigenvalue weighted by Gasteiger charge is -2.10. The fourth-order valence-electron chi connectivity index (χ4n) is 1.54. The van der Waals surface area contributed by atoms with Crippen molar-refractivity contribution in [3.63, 3.8) is 0 Å². The van der Waals surface area contributed by atoms with Crippen molar-refractivity contribution in [3.8, 4) is 0 Å². The van der Waals surface area contributed by atoms with E-state index in [0.717, 1.165) is 17.1 Å². The van der Waals surface area contributed by atoms with Crippen molar-refractivity contribution in [2.75, 3.05) is 11.1 Å². The second-order valence-electron chi connectivity index (χ2n) is 4.18. The molecule has 0 aliphatic heterocycles. The highest BCUT2D eigenvalue weighted by Crippen LogP contribution is 2.20.